The highest BCUT2D eigenvalue weighted by Gasteiger charge is 2.24. The standard InChI is InChI=1S/C12H13BrClNOS/c1-8-7-17-5-4-15(8)12(16)9-2-3-10(13)11(14)6-9/h2-3,6,8H,4-5,7H2,1H3. The quantitative estimate of drug-likeness (QED) is 0.781. The zero-order valence-electron chi connectivity index (χ0n) is 9.45. The van der Waals surface area contributed by atoms with Crippen molar-refractivity contribution in [1.82, 2.24) is 4.90 Å². The Labute approximate surface area is 119 Å². The van der Waals surface area contributed by atoms with Gasteiger partial charge in [0, 0.05) is 34.1 Å². The van der Waals surface area contributed by atoms with E-state index in [-0.39, 0.29) is 5.91 Å². The summed E-state index contributed by atoms with van der Waals surface area (Å²) in [6, 6.07) is 5.65. The molecular formula is C12H13BrClNOS. The van der Waals surface area contributed by atoms with Crippen LogP contribution >= 0.6 is 39.3 Å². The average Bonchev–Trinajstić information content (AvgIpc) is 2.32. The van der Waals surface area contributed by atoms with Gasteiger partial charge in [0.2, 0.25) is 0 Å². The average molecular weight is 335 g/mol. The molecule has 92 valence electrons. The van der Waals surface area contributed by atoms with Crippen molar-refractivity contribution in [3.8, 4) is 0 Å². The van der Waals surface area contributed by atoms with E-state index in [1.165, 1.54) is 0 Å². The Balaban J connectivity index is 2.21. The highest BCUT2D eigenvalue weighted by Crippen LogP contribution is 2.25. The molecule has 1 fully saturated rings. The fourth-order valence-electron chi connectivity index (χ4n) is 1.82. The molecule has 0 N–H and O–H groups in total. The summed E-state index contributed by atoms with van der Waals surface area (Å²) in [5.41, 5.74) is 0.664. The molecule has 1 aliphatic heterocycles. The lowest BCUT2D eigenvalue weighted by atomic mass is 10.1. The smallest absolute Gasteiger partial charge is 0.254 e. The van der Waals surface area contributed by atoms with Gasteiger partial charge in [-0.05, 0) is 41.1 Å². The minimum absolute atomic E-state index is 0.0761. The Morgan fingerprint density at radius 3 is 3.00 bits per heavy atom. The van der Waals surface area contributed by atoms with E-state index < -0.39 is 0 Å². The van der Waals surface area contributed by atoms with Crippen molar-refractivity contribution in [2.24, 2.45) is 0 Å². The van der Waals surface area contributed by atoms with Gasteiger partial charge in [-0.2, -0.15) is 11.8 Å². The summed E-state index contributed by atoms with van der Waals surface area (Å²) in [6.45, 7) is 2.91. The van der Waals surface area contributed by atoms with E-state index in [9.17, 15) is 4.79 Å². The second-order valence-corrected chi connectivity index (χ2v) is 6.46. The third-order valence-electron chi connectivity index (χ3n) is 2.80. The number of halogens is 2. The van der Waals surface area contributed by atoms with Gasteiger partial charge in [-0.1, -0.05) is 11.6 Å². The van der Waals surface area contributed by atoms with Crippen molar-refractivity contribution in [3.63, 3.8) is 0 Å². The van der Waals surface area contributed by atoms with Crippen molar-refractivity contribution >= 4 is 45.2 Å². The highest BCUT2D eigenvalue weighted by atomic mass is 79.9. The van der Waals surface area contributed by atoms with Crippen LogP contribution in [0, 0.1) is 0 Å². The molecule has 17 heavy (non-hydrogen) atoms. The molecule has 0 radical (unpaired) electrons. The van der Waals surface area contributed by atoms with E-state index >= 15 is 0 Å². The summed E-state index contributed by atoms with van der Waals surface area (Å²) in [7, 11) is 0. The van der Waals surface area contributed by atoms with Gasteiger partial charge < -0.3 is 4.90 Å². The highest BCUT2D eigenvalue weighted by molar-refractivity contribution is 9.10. The van der Waals surface area contributed by atoms with Crippen molar-refractivity contribution in [1.29, 1.82) is 0 Å². The zero-order valence-corrected chi connectivity index (χ0v) is 12.6. The van der Waals surface area contributed by atoms with Gasteiger partial charge in [-0.25, -0.2) is 0 Å². The number of nitrogens with zero attached hydrogens (tertiary/aromatic N) is 1. The number of hydrogen-bond acceptors (Lipinski definition) is 2. The van der Waals surface area contributed by atoms with Crippen LogP contribution in [0.3, 0.4) is 0 Å². The number of amides is 1. The van der Waals surface area contributed by atoms with Gasteiger partial charge >= 0.3 is 0 Å². The number of carbonyl (C=O) groups is 1. The lowest BCUT2D eigenvalue weighted by Gasteiger charge is -2.33. The van der Waals surface area contributed by atoms with Gasteiger partial charge in [0.1, 0.15) is 0 Å². The Bertz CT molecular complexity index is 441. The molecule has 1 amide bonds. The third-order valence-corrected chi connectivity index (χ3v) is 5.22. The molecule has 0 bridgehead atoms. The molecule has 0 aliphatic carbocycles. The largest absolute Gasteiger partial charge is 0.334 e. The summed E-state index contributed by atoms with van der Waals surface area (Å²) >= 11 is 11.2. The van der Waals surface area contributed by atoms with Crippen LogP contribution in [0.5, 0.6) is 0 Å². The van der Waals surface area contributed by atoms with Gasteiger partial charge in [0.15, 0.2) is 0 Å². The van der Waals surface area contributed by atoms with Crippen LogP contribution in [-0.2, 0) is 0 Å². The number of benzene rings is 1. The topological polar surface area (TPSA) is 20.3 Å². The molecule has 0 saturated carbocycles. The van der Waals surface area contributed by atoms with E-state index in [1.54, 1.807) is 6.07 Å². The molecule has 1 aliphatic rings. The monoisotopic (exact) mass is 333 g/mol. The summed E-state index contributed by atoms with van der Waals surface area (Å²) in [4.78, 5) is 14.2. The molecular weight excluding hydrogens is 322 g/mol. The Kier molecular flexibility index (Phi) is 4.39. The molecule has 1 saturated heterocycles. The van der Waals surface area contributed by atoms with Crippen molar-refractivity contribution in [3.05, 3.63) is 33.3 Å². The predicted octanol–water partition coefficient (Wildman–Crippen LogP) is 3.68. The second-order valence-electron chi connectivity index (χ2n) is 4.05. The van der Waals surface area contributed by atoms with Crippen LogP contribution < -0.4 is 0 Å². The molecule has 2 rings (SSSR count). The molecule has 0 spiro atoms. The lowest BCUT2D eigenvalue weighted by Crippen LogP contribution is -2.44. The van der Waals surface area contributed by atoms with Crippen LogP contribution in [0.2, 0.25) is 5.02 Å². The van der Waals surface area contributed by atoms with Gasteiger partial charge in [0.05, 0.1) is 5.02 Å². The van der Waals surface area contributed by atoms with Gasteiger partial charge in [0.25, 0.3) is 5.91 Å². The Morgan fingerprint density at radius 1 is 1.59 bits per heavy atom. The maximum Gasteiger partial charge on any atom is 0.254 e. The second kappa shape index (κ2) is 5.63. The predicted molar refractivity (Wildman–Crippen MR) is 77.0 cm³/mol. The Morgan fingerprint density at radius 2 is 2.35 bits per heavy atom. The summed E-state index contributed by atoms with van der Waals surface area (Å²) in [5.74, 6) is 2.10. The lowest BCUT2D eigenvalue weighted by molar-refractivity contribution is 0.0716. The molecule has 1 unspecified atom stereocenters. The molecule has 5 heteroatoms. The normalized spacial score (nSPS) is 20.4. The number of carbonyl (C=O) groups excluding carboxylic acids is 1. The molecule has 1 aromatic rings. The molecule has 2 nitrogen and oxygen atoms in total. The Hall–Kier alpha value is -0.190. The first-order valence-electron chi connectivity index (χ1n) is 5.43. The maximum absolute atomic E-state index is 12.3. The first kappa shape index (κ1) is 13.2. The minimum atomic E-state index is 0.0761. The van der Waals surface area contributed by atoms with Crippen LogP contribution in [-0.4, -0.2) is 34.9 Å². The van der Waals surface area contributed by atoms with Gasteiger partial charge in [-0.3, -0.25) is 4.79 Å². The van der Waals surface area contributed by atoms with Crippen LogP contribution in [0.15, 0.2) is 22.7 Å². The first-order chi connectivity index (χ1) is 8.09. The fourth-order valence-corrected chi connectivity index (χ4v) is 3.26. The summed E-state index contributed by atoms with van der Waals surface area (Å²) in [5, 5.41) is 0.579. The van der Waals surface area contributed by atoms with E-state index in [0.29, 0.717) is 16.6 Å². The minimum Gasteiger partial charge on any atom is -0.334 e. The van der Waals surface area contributed by atoms with Crippen LogP contribution in [0.4, 0.5) is 0 Å². The fraction of sp³-hybridized carbons (Fsp3) is 0.417. The SMILES string of the molecule is CC1CSCCN1C(=O)c1ccc(Br)c(Cl)c1. The zero-order chi connectivity index (χ0) is 12.4. The number of hydrogen-bond donors (Lipinski definition) is 0. The molecule has 1 atom stereocenters. The van der Waals surface area contributed by atoms with E-state index in [1.807, 2.05) is 28.8 Å². The molecule has 0 aromatic heterocycles. The van der Waals surface area contributed by atoms with E-state index in [4.69, 9.17) is 11.6 Å². The van der Waals surface area contributed by atoms with E-state index in [0.717, 1.165) is 22.5 Å². The van der Waals surface area contributed by atoms with E-state index in [2.05, 4.69) is 22.9 Å². The third kappa shape index (κ3) is 2.98. The number of thioether (sulfide) groups is 1. The van der Waals surface area contributed by atoms with Gasteiger partial charge in [-0.15, -0.1) is 0 Å². The summed E-state index contributed by atoms with van der Waals surface area (Å²) in [6.07, 6.45) is 0. The molecule has 1 heterocycles. The van der Waals surface area contributed by atoms with Crippen molar-refractivity contribution in [2.75, 3.05) is 18.1 Å². The van der Waals surface area contributed by atoms with Crippen LogP contribution in [0.1, 0.15) is 17.3 Å². The first-order valence-corrected chi connectivity index (χ1v) is 7.76. The maximum atomic E-state index is 12.3. The van der Waals surface area contributed by atoms with Crippen molar-refractivity contribution < 1.29 is 4.79 Å². The summed E-state index contributed by atoms with van der Waals surface area (Å²) < 4.78 is 0.818. The van der Waals surface area contributed by atoms with Crippen LogP contribution in [0.25, 0.3) is 0 Å². The molecule has 1 aromatic carbocycles. The van der Waals surface area contributed by atoms with Crippen molar-refractivity contribution in [2.45, 2.75) is 13.0 Å². The number of rotatable bonds is 1.